The SMILES string of the molecule is Cc1nc(NC(C)Cn2ccnc2)ccc1C(=O)O. The molecule has 0 spiro atoms. The summed E-state index contributed by atoms with van der Waals surface area (Å²) in [6.07, 6.45) is 5.38. The van der Waals surface area contributed by atoms with Crippen molar-refractivity contribution in [2.45, 2.75) is 26.4 Å². The molecular formula is C13H16N4O2. The number of nitrogens with one attached hydrogen (secondary N) is 1. The number of rotatable bonds is 5. The minimum atomic E-state index is -0.956. The first kappa shape index (κ1) is 13.1. The molecule has 0 aliphatic rings. The number of nitrogens with zero attached hydrogens (tertiary/aromatic N) is 3. The maximum atomic E-state index is 10.9. The average molecular weight is 260 g/mol. The second kappa shape index (κ2) is 5.51. The Bertz CT molecular complexity index is 566. The Morgan fingerprint density at radius 1 is 1.53 bits per heavy atom. The summed E-state index contributed by atoms with van der Waals surface area (Å²) in [6, 6.07) is 3.41. The van der Waals surface area contributed by atoms with Gasteiger partial charge in [-0.2, -0.15) is 0 Å². The highest BCUT2D eigenvalue weighted by atomic mass is 16.4. The second-order valence-corrected chi connectivity index (χ2v) is 4.44. The lowest BCUT2D eigenvalue weighted by atomic mass is 10.2. The van der Waals surface area contributed by atoms with Crippen LogP contribution in [0.2, 0.25) is 0 Å². The van der Waals surface area contributed by atoms with Gasteiger partial charge in [0.2, 0.25) is 0 Å². The molecular weight excluding hydrogens is 244 g/mol. The monoisotopic (exact) mass is 260 g/mol. The Morgan fingerprint density at radius 3 is 2.89 bits per heavy atom. The van der Waals surface area contributed by atoms with Crippen molar-refractivity contribution in [2.24, 2.45) is 0 Å². The maximum absolute atomic E-state index is 10.9. The van der Waals surface area contributed by atoms with E-state index in [9.17, 15) is 4.79 Å². The number of hydrogen-bond donors (Lipinski definition) is 2. The van der Waals surface area contributed by atoms with Crippen LogP contribution in [0.4, 0.5) is 5.82 Å². The zero-order chi connectivity index (χ0) is 13.8. The van der Waals surface area contributed by atoms with Crippen LogP contribution in [-0.2, 0) is 6.54 Å². The molecule has 6 heteroatoms. The number of aromatic carboxylic acids is 1. The van der Waals surface area contributed by atoms with Crippen LogP contribution in [0.15, 0.2) is 30.9 Å². The molecule has 0 aromatic carbocycles. The quantitative estimate of drug-likeness (QED) is 0.856. The number of anilines is 1. The van der Waals surface area contributed by atoms with Crippen LogP contribution in [0.3, 0.4) is 0 Å². The normalized spacial score (nSPS) is 12.1. The molecule has 0 saturated heterocycles. The van der Waals surface area contributed by atoms with Crippen LogP contribution >= 0.6 is 0 Å². The third-order valence-corrected chi connectivity index (χ3v) is 2.75. The molecule has 0 bridgehead atoms. The number of pyridine rings is 1. The van der Waals surface area contributed by atoms with Crippen molar-refractivity contribution < 1.29 is 9.90 Å². The van der Waals surface area contributed by atoms with Gasteiger partial charge in [-0.15, -0.1) is 0 Å². The van der Waals surface area contributed by atoms with Gasteiger partial charge in [-0.25, -0.2) is 14.8 Å². The topological polar surface area (TPSA) is 80.0 Å². The number of carbonyl (C=O) groups is 1. The second-order valence-electron chi connectivity index (χ2n) is 4.44. The van der Waals surface area contributed by atoms with E-state index in [1.807, 2.05) is 17.7 Å². The van der Waals surface area contributed by atoms with Crippen LogP contribution in [0.25, 0.3) is 0 Å². The Balaban J connectivity index is 2.03. The predicted octanol–water partition coefficient (Wildman–Crippen LogP) is 1.79. The van der Waals surface area contributed by atoms with Gasteiger partial charge in [0.25, 0.3) is 0 Å². The summed E-state index contributed by atoms with van der Waals surface area (Å²) >= 11 is 0. The van der Waals surface area contributed by atoms with E-state index in [1.54, 1.807) is 31.6 Å². The summed E-state index contributed by atoms with van der Waals surface area (Å²) in [6.45, 7) is 4.48. The maximum Gasteiger partial charge on any atom is 0.337 e. The molecule has 1 unspecified atom stereocenters. The molecule has 1 atom stereocenters. The molecule has 0 fully saturated rings. The third kappa shape index (κ3) is 3.31. The van der Waals surface area contributed by atoms with Crippen molar-refractivity contribution in [3.8, 4) is 0 Å². The van der Waals surface area contributed by atoms with Gasteiger partial charge < -0.3 is 15.0 Å². The number of imidazole rings is 1. The summed E-state index contributed by atoms with van der Waals surface area (Å²) in [5.74, 6) is -0.280. The van der Waals surface area contributed by atoms with Gasteiger partial charge in [0.15, 0.2) is 0 Å². The van der Waals surface area contributed by atoms with Gasteiger partial charge in [0, 0.05) is 25.0 Å². The number of aryl methyl sites for hydroxylation is 1. The van der Waals surface area contributed by atoms with E-state index in [4.69, 9.17) is 5.11 Å². The van der Waals surface area contributed by atoms with Gasteiger partial charge >= 0.3 is 5.97 Å². The van der Waals surface area contributed by atoms with Gasteiger partial charge in [0.1, 0.15) is 5.82 Å². The third-order valence-electron chi connectivity index (χ3n) is 2.75. The van der Waals surface area contributed by atoms with Gasteiger partial charge in [-0.3, -0.25) is 0 Å². The lowest BCUT2D eigenvalue weighted by Crippen LogP contribution is -2.22. The smallest absolute Gasteiger partial charge is 0.337 e. The standard InChI is InChI=1S/C13H16N4O2/c1-9(7-17-6-5-14-8-17)15-12-4-3-11(13(18)19)10(2)16-12/h3-6,8-9H,7H2,1-2H3,(H,15,16)(H,18,19). The highest BCUT2D eigenvalue weighted by Crippen LogP contribution is 2.12. The molecule has 0 radical (unpaired) electrons. The number of carboxylic acid groups (broad SMARTS) is 1. The van der Waals surface area contributed by atoms with Gasteiger partial charge in [-0.05, 0) is 26.0 Å². The molecule has 2 rings (SSSR count). The highest BCUT2D eigenvalue weighted by Gasteiger charge is 2.10. The Labute approximate surface area is 111 Å². The molecule has 2 aromatic heterocycles. The Kier molecular flexibility index (Phi) is 3.79. The molecule has 0 aliphatic carbocycles. The summed E-state index contributed by atoms with van der Waals surface area (Å²) in [4.78, 5) is 19.1. The van der Waals surface area contributed by atoms with E-state index in [2.05, 4.69) is 15.3 Å². The van der Waals surface area contributed by atoms with Crippen molar-refractivity contribution in [3.63, 3.8) is 0 Å². The largest absolute Gasteiger partial charge is 0.478 e. The summed E-state index contributed by atoms with van der Waals surface area (Å²) in [5.41, 5.74) is 0.736. The van der Waals surface area contributed by atoms with Crippen molar-refractivity contribution in [2.75, 3.05) is 5.32 Å². The minimum Gasteiger partial charge on any atom is -0.478 e. The fourth-order valence-corrected chi connectivity index (χ4v) is 1.88. The molecule has 2 heterocycles. The van der Waals surface area contributed by atoms with Crippen LogP contribution < -0.4 is 5.32 Å². The summed E-state index contributed by atoms with van der Waals surface area (Å²) < 4.78 is 1.97. The van der Waals surface area contributed by atoms with Crippen LogP contribution in [-0.4, -0.2) is 31.7 Å². The minimum absolute atomic E-state index is 0.164. The van der Waals surface area contributed by atoms with Crippen molar-refractivity contribution >= 4 is 11.8 Å². The van der Waals surface area contributed by atoms with E-state index in [0.29, 0.717) is 11.5 Å². The zero-order valence-electron chi connectivity index (χ0n) is 10.9. The molecule has 6 nitrogen and oxygen atoms in total. The molecule has 2 N–H and O–H groups in total. The molecule has 0 aliphatic heterocycles. The molecule has 0 saturated carbocycles. The molecule has 19 heavy (non-hydrogen) atoms. The lowest BCUT2D eigenvalue weighted by molar-refractivity contribution is 0.0695. The van der Waals surface area contributed by atoms with E-state index >= 15 is 0 Å². The van der Waals surface area contributed by atoms with E-state index in [0.717, 1.165) is 6.54 Å². The lowest BCUT2D eigenvalue weighted by Gasteiger charge is -2.15. The first-order chi connectivity index (χ1) is 9.06. The Hall–Kier alpha value is -2.37. The number of aromatic nitrogens is 3. The number of carboxylic acids is 1. The van der Waals surface area contributed by atoms with Crippen molar-refractivity contribution in [1.82, 2.24) is 14.5 Å². The van der Waals surface area contributed by atoms with Crippen molar-refractivity contribution in [3.05, 3.63) is 42.1 Å². The van der Waals surface area contributed by atoms with Crippen LogP contribution in [0.1, 0.15) is 23.0 Å². The zero-order valence-corrected chi connectivity index (χ0v) is 10.9. The van der Waals surface area contributed by atoms with Crippen molar-refractivity contribution in [1.29, 1.82) is 0 Å². The predicted molar refractivity (Wildman–Crippen MR) is 71.2 cm³/mol. The Morgan fingerprint density at radius 2 is 2.32 bits per heavy atom. The van der Waals surface area contributed by atoms with Gasteiger partial charge in [0.05, 0.1) is 17.6 Å². The molecule has 2 aromatic rings. The van der Waals surface area contributed by atoms with E-state index in [1.165, 1.54) is 0 Å². The molecule has 0 amide bonds. The summed E-state index contributed by atoms with van der Waals surface area (Å²) in [7, 11) is 0. The average Bonchev–Trinajstić information content (AvgIpc) is 2.81. The first-order valence-corrected chi connectivity index (χ1v) is 5.99. The van der Waals surface area contributed by atoms with Crippen LogP contribution in [0.5, 0.6) is 0 Å². The first-order valence-electron chi connectivity index (χ1n) is 5.99. The van der Waals surface area contributed by atoms with E-state index < -0.39 is 5.97 Å². The van der Waals surface area contributed by atoms with Crippen LogP contribution in [0, 0.1) is 6.92 Å². The fourth-order valence-electron chi connectivity index (χ4n) is 1.88. The fraction of sp³-hybridized carbons (Fsp3) is 0.308. The van der Waals surface area contributed by atoms with E-state index in [-0.39, 0.29) is 11.6 Å². The van der Waals surface area contributed by atoms with Gasteiger partial charge in [-0.1, -0.05) is 0 Å². The number of hydrogen-bond acceptors (Lipinski definition) is 4. The highest BCUT2D eigenvalue weighted by molar-refractivity contribution is 5.89. The summed E-state index contributed by atoms with van der Waals surface area (Å²) in [5, 5.41) is 12.2. The molecule has 100 valence electrons.